The number of fused-ring (bicyclic) bond motifs is 3. The fourth-order valence-electron chi connectivity index (χ4n) is 3.57. The van der Waals surface area contributed by atoms with Gasteiger partial charge >= 0.3 is 12.2 Å². The lowest BCUT2D eigenvalue weighted by Crippen LogP contribution is -2.46. The number of halogens is 7. The molecule has 33 heavy (non-hydrogen) atoms. The number of hydrogen-bond donors (Lipinski definition) is 1. The number of carbonyl (C=O) groups excluding carboxylic acids is 1. The zero-order valence-electron chi connectivity index (χ0n) is 16.6. The van der Waals surface area contributed by atoms with Crippen molar-refractivity contribution in [3.8, 4) is 0 Å². The van der Waals surface area contributed by atoms with Gasteiger partial charge in [0, 0.05) is 12.6 Å². The van der Waals surface area contributed by atoms with Crippen LogP contribution in [-0.2, 0) is 11.8 Å². The molecule has 0 unspecified atom stereocenters. The van der Waals surface area contributed by atoms with Gasteiger partial charge in [-0.15, -0.1) is 5.10 Å². The topological polar surface area (TPSA) is 88.3 Å². The Labute approximate surface area is 180 Å². The Bertz CT molecular complexity index is 1210. The maximum Gasteiger partial charge on any atom is 0.401 e. The Morgan fingerprint density at radius 3 is 2.58 bits per heavy atom. The summed E-state index contributed by atoms with van der Waals surface area (Å²) in [6.07, 6.45) is -9.44. The van der Waals surface area contributed by atoms with E-state index in [4.69, 9.17) is 0 Å². The minimum absolute atomic E-state index is 0.0953. The summed E-state index contributed by atoms with van der Waals surface area (Å²) in [6, 6.07) is 0.903. The van der Waals surface area contributed by atoms with Crippen molar-refractivity contribution >= 4 is 23.1 Å². The molecule has 15 heteroatoms. The molecule has 1 aliphatic heterocycles. The second-order valence-electron chi connectivity index (χ2n) is 7.51. The molecule has 0 fully saturated rings. The van der Waals surface area contributed by atoms with Crippen molar-refractivity contribution in [3.05, 3.63) is 41.6 Å². The van der Waals surface area contributed by atoms with Gasteiger partial charge in [-0.05, 0) is 13.0 Å². The van der Waals surface area contributed by atoms with Crippen molar-refractivity contribution in [1.29, 1.82) is 0 Å². The van der Waals surface area contributed by atoms with Gasteiger partial charge in [0.1, 0.15) is 11.1 Å². The van der Waals surface area contributed by atoms with Crippen LogP contribution in [0.25, 0.3) is 5.65 Å². The number of urea groups is 1. The molecular formula is C18H14F7N7O. The first-order valence-corrected chi connectivity index (χ1v) is 9.33. The monoisotopic (exact) mass is 477 g/mol. The van der Waals surface area contributed by atoms with E-state index in [1.807, 2.05) is 0 Å². The Hall–Kier alpha value is -3.52. The Morgan fingerprint density at radius 2 is 1.94 bits per heavy atom. The molecule has 0 aromatic carbocycles. The maximum absolute atomic E-state index is 14.1. The van der Waals surface area contributed by atoms with Gasteiger partial charge in [0.25, 0.3) is 6.43 Å². The molecule has 4 rings (SSSR count). The van der Waals surface area contributed by atoms with E-state index in [0.717, 1.165) is 40.9 Å². The standard InChI is InChI=1S/C18H14F7N7O/c1-17(18(23,24)25)7-31(16(33)28-9-2-10(15(21)22)29-27-5-9)11-6-26-13-4-8(3-12(19)20)30-32(13)14(11)17/h2,4-6,12,15H,3,7H2,1H3,(H,28,29,33)/t17-/m1/s1. The summed E-state index contributed by atoms with van der Waals surface area (Å²) in [5.41, 5.74) is -4.55. The molecule has 1 atom stereocenters. The zero-order valence-corrected chi connectivity index (χ0v) is 16.6. The summed E-state index contributed by atoms with van der Waals surface area (Å²) < 4.78 is 94.4. The summed E-state index contributed by atoms with van der Waals surface area (Å²) in [7, 11) is 0. The molecule has 2 amide bonds. The highest BCUT2D eigenvalue weighted by Crippen LogP contribution is 2.49. The normalized spacial score (nSPS) is 18.4. The maximum atomic E-state index is 14.1. The summed E-state index contributed by atoms with van der Waals surface area (Å²) >= 11 is 0. The third-order valence-electron chi connectivity index (χ3n) is 5.18. The highest BCUT2D eigenvalue weighted by molar-refractivity contribution is 6.03. The van der Waals surface area contributed by atoms with Gasteiger partial charge in [-0.25, -0.2) is 31.9 Å². The second-order valence-corrected chi connectivity index (χ2v) is 7.51. The van der Waals surface area contributed by atoms with E-state index in [9.17, 15) is 35.5 Å². The van der Waals surface area contributed by atoms with Crippen LogP contribution in [-0.4, -0.2) is 50.0 Å². The van der Waals surface area contributed by atoms with Crippen LogP contribution < -0.4 is 10.2 Å². The predicted molar refractivity (Wildman–Crippen MR) is 99.5 cm³/mol. The van der Waals surface area contributed by atoms with Crippen molar-refractivity contribution in [2.24, 2.45) is 0 Å². The second kappa shape index (κ2) is 7.81. The van der Waals surface area contributed by atoms with E-state index >= 15 is 0 Å². The number of hydrogen-bond acceptors (Lipinski definition) is 5. The number of nitrogens with zero attached hydrogens (tertiary/aromatic N) is 6. The summed E-state index contributed by atoms with van der Waals surface area (Å²) in [5.74, 6) is 0. The Morgan fingerprint density at radius 1 is 1.21 bits per heavy atom. The Balaban J connectivity index is 1.77. The third-order valence-corrected chi connectivity index (χ3v) is 5.18. The smallest absolute Gasteiger partial charge is 0.306 e. The molecule has 1 aliphatic rings. The Kier molecular flexibility index (Phi) is 5.36. The highest BCUT2D eigenvalue weighted by atomic mass is 19.4. The summed E-state index contributed by atoms with van der Waals surface area (Å²) in [4.78, 5) is 17.5. The molecule has 0 aliphatic carbocycles. The molecule has 3 aromatic heterocycles. The van der Waals surface area contributed by atoms with Crippen LogP contribution in [0.4, 0.5) is 46.9 Å². The van der Waals surface area contributed by atoms with Gasteiger partial charge in [0.05, 0.1) is 41.6 Å². The minimum Gasteiger partial charge on any atom is -0.306 e. The van der Waals surface area contributed by atoms with Crippen molar-refractivity contribution in [3.63, 3.8) is 0 Å². The van der Waals surface area contributed by atoms with Crippen LogP contribution in [0.3, 0.4) is 0 Å². The average Bonchev–Trinajstić information content (AvgIpc) is 3.25. The molecule has 0 bridgehead atoms. The van der Waals surface area contributed by atoms with Crippen LogP contribution in [0.1, 0.15) is 30.4 Å². The van der Waals surface area contributed by atoms with Crippen molar-refractivity contribution in [1.82, 2.24) is 24.8 Å². The molecule has 1 N–H and O–H groups in total. The number of aromatic nitrogens is 5. The molecule has 0 spiro atoms. The lowest BCUT2D eigenvalue weighted by atomic mass is 9.88. The molecule has 176 valence electrons. The zero-order chi connectivity index (χ0) is 24.1. The summed E-state index contributed by atoms with van der Waals surface area (Å²) in [6.45, 7) is -0.0430. The van der Waals surface area contributed by atoms with Gasteiger partial charge in [-0.3, -0.25) is 4.90 Å². The van der Waals surface area contributed by atoms with E-state index in [0.29, 0.717) is 0 Å². The highest BCUT2D eigenvalue weighted by Gasteiger charge is 2.60. The number of anilines is 2. The first kappa shape index (κ1) is 22.7. The molecule has 0 radical (unpaired) electrons. The lowest BCUT2D eigenvalue weighted by molar-refractivity contribution is -0.181. The van der Waals surface area contributed by atoms with Gasteiger partial charge in [-0.2, -0.15) is 23.4 Å². The third kappa shape index (κ3) is 3.91. The quantitative estimate of drug-likeness (QED) is 0.571. The van der Waals surface area contributed by atoms with Gasteiger partial charge < -0.3 is 5.32 Å². The van der Waals surface area contributed by atoms with E-state index < -0.39 is 54.8 Å². The first-order valence-electron chi connectivity index (χ1n) is 9.33. The molecule has 3 aromatic rings. The van der Waals surface area contributed by atoms with Crippen molar-refractivity contribution in [2.75, 3.05) is 16.8 Å². The van der Waals surface area contributed by atoms with Crippen LogP contribution in [0.5, 0.6) is 0 Å². The fourth-order valence-corrected chi connectivity index (χ4v) is 3.57. The lowest BCUT2D eigenvalue weighted by Gasteiger charge is -2.28. The summed E-state index contributed by atoms with van der Waals surface area (Å²) in [5, 5.41) is 12.6. The number of alkyl halides is 7. The van der Waals surface area contributed by atoms with Crippen LogP contribution in [0.15, 0.2) is 24.5 Å². The van der Waals surface area contributed by atoms with E-state index in [1.165, 1.54) is 0 Å². The number of nitrogens with one attached hydrogen (secondary N) is 1. The molecular weight excluding hydrogens is 463 g/mol. The van der Waals surface area contributed by atoms with Crippen molar-refractivity contribution in [2.45, 2.75) is 37.8 Å². The van der Waals surface area contributed by atoms with Crippen LogP contribution in [0.2, 0.25) is 0 Å². The molecule has 4 heterocycles. The average molecular weight is 477 g/mol. The molecule has 0 saturated carbocycles. The van der Waals surface area contributed by atoms with Gasteiger partial charge in [0.2, 0.25) is 6.43 Å². The fraction of sp³-hybridized carbons (Fsp3) is 0.389. The molecule has 8 nitrogen and oxygen atoms in total. The minimum atomic E-state index is -4.86. The number of carbonyl (C=O) groups is 1. The van der Waals surface area contributed by atoms with Crippen LogP contribution in [0, 0.1) is 0 Å². The van der Waals surface area contributed by atoms with Crippen LogP contribution >= 0.6 is 0 Å². The SMILES string of the molecule is C[C@@]1(C(F)(F)F)CN(C(=O)Nc2cnnc(C(F)F)c2)c2cnc3cc(CC(F)F)nn3c21. The van der Waals surface area contributed by atoms with E-state index in [-0.39, 0.29) is 22.7 Å². The van der Waals surface area contributed by atoms with Crippen molar-refractivity contribution < 1.29 is 35.5 Å². The van der Waals surface area contributed by atoms with E-state index in [1.54, 1.807) is 0 Å². The molecule has 0 saturated heterocycles. The van der Waals surface area contributed by atoms with Gasteiger partial charge in [0.15, 0.2) is 5.65 Å². The van der Waals surface area contributed by atoms with E-state index in [2.05, 4.69) is 25.6 Å². The largest absolute Gasteiger partial charge is 0.401 e. The first-order chi connectivity index (χ1) is 15.4. The number of amides is 2. The van der Waals surface area contributed by atoms with Gasteiger partial charge in [-0.1, -0.05) is 0 Å². The predicted octanol–water partition coefficient (Wildman–Crippen LogP) is 4.14. The number of rotatable bonds is 4.